The van der Waals surface area contributed by atoms with Crippen LogP contribution in [0.4, 0.5) is 0 Å². The summed E-state index contributed by atoms with van der Waals surface area (Å²) in [4.78, 5) is 27.7. The highest BCUT2D eigenvalue weighted by Gasteiger charge is 2.25. The van der Waals surface area contributed by atoms with E-state index in [-0.39, 0.29) is 17.8 Å². The van der Waals surface area contributed by atoms with Crippen LogP contribution in [0.25, 0.3) is 0 Å². The molecule has 0 radical (unpaired) electrons. The van der Waals surface area contributed by atoms with E-state index in [1.807, 2.05) is 6.92 Å². The van der Waals surface area contributed by atoms with Crippen LogP contribution in [-0.4, -0.2) is 42.4 Å². The molecule has 1 saturated heterocycles. The fourth-order valence-corrected chi connectivity index (χ4v) is 3.31. The standard InChI is InChI=1S/C21H22ClNO3/c1-2-23(14-17-6-5-13-26-17)21(25)19-8-4-3-7-18(19)20(24)15-9-11-16(22)12-10-15/h3-4,7-12,17H,2,5-6,13-14H2,1H3. The van der Waals surface area contributed by atoms with Gasteiger partial charge < -0.3 is 9.64 Å². The molecule has 0 bridgehead atoms. The molecular weight excluding hydrogens is 350 g/mol. The van der Waals surface area contributed by atoms with Crippen molar-refractivity contribution in [1.29, 1.82) is 0 Å². The summed E-state index contributed by atoms with van der Waals surface area (Å²) in [6.45, 7) is 3.82. The Morgan fingerprint density at radius 2 is 1.81 bits per heavy atom. The fourth-order valence-electron chi connectivity index (χ4n) is 3.18. The lowest BCUT2D eigenvalue weighted by molar-refractivity contribution is 0.0537. The van der Waals surface area contributed by atoms with Crippen LogP contribution in [0.1, 0.15) is 46.0 Å². The largest absolute Gasteiger partial charge is 0.376 e. The van der Waals surface area contributed by atoms with Gasteiger partial charge in [-0.2, -0.15) is 0 Å². The van der Waals surface area contributed by atoms with Crippen LogP contribution in [0.2, 0.25) is 5.02 Å². The summed E-state index contributed by atoms with van der Waals surface area (Å²) in [7, 11) is 0. The number of hydrogen-bond donors (Lipinski definition) is 0. The lowest BCUT2D eigenvalue weighted by atomic mass is 9.97. The van der Waals surface area contributed by atoms with Gasteiger partial charge in [-0.1, -0.05) is 29.8 Å². The van der Waals surface area contributed by atoms with Gasteiger partial charge in [0.2, 0.25) is 0 Å². The zero-order valence-corrected chi connectivity index (χ0v) is 15.5. The molecule has 2 aromatic rings. The maximum atomic E-state index is 13.1. The summed E-state index contributed by atoms with van der Waals surface area (Å²) < 4.78 is 5.66. The van der Waals surface area contributed by atoms with E-state index < -0.39 is 0 Å². The Morgan fingerprint density at radius 1 is 1.12 bits per heavy atom. The molecule has 1 aliphatic rings. The van der Waals surface area contributed by atoms with Crippen LogP contribution in [0.15, 0.2) is 48.5 Å². The number of rotatable bonds is 6. The zero-order valence-electron chi connectivity index (χ0n) is 14.8. The van der Waals surface area contributed by atoms with Gasteiger partial charge in [0.05, 0.1) is 11.7 Å². The van der Waals surface area contributed by atoms with Crippen molar-refractivity contribution in [3.63, 3.8) is 0 Å². The average Bonchev–Trinajstić information content (AvgIpc) is 3.19. The minimum atomic E-state index is -0.182. The number of likely N-dealkylation sites (N-methyl/N-ethyl adjacent to an activating group) is 1. The smallest absolute Gasteiger partial charge is 0.254 e. The second-order valence-electron chi connectivity index (χ2n) is 6.36. The zero-order chi connectivity index (χ0) is 18.5. The van der Waals surface area contributed by atoms with Gasteiger partial charge in [0.15, 0.2) is 5.78 Å². The maximum absolute atomic E-state index is 13.1. The average molecular weight is 372 g/mol. The Balaban J connectivity index is 1.86. The van der Waals surface area contributed by atoms with Gasteiger partial charge in [0.25, 0.3) is 5.91 Å². The van der Waals surface area contributed by atoms with Crippen LogP contribution >= 0.6 is 11.6 Å². The van der Waals surface area contributed by atoms with Crippen molar-refractivity contribution in [3.05, 3.63) is 70.2 Å². The van der Waals surface area contributed by atoms with E-state index in [4.69, 9.17) is 16.3 Å². The van der Waals surface area contributed by atoms with Crippen molar-refractivity contribution in [2.45, 2.75) is 25.9 Å². The van der Waals surface area contributed by atoms with Gasteiger partial charge >= 0.3 is 0 Å². The molecule has 1 heterocycles. The topological polar surface area (TPSA) is 46.6 Å². The number of ketones is 1. The van der Waals surface area contributed by atoms with Crippen molar-refractivity contribution in [3.8, 4) is 0 Å². The molecule has 1 fully saturated rings. The number of carbonyl (C=O) groups excluding carboxylic acids is 2. The molecule has 0 spiro atoms. The Morgan fingerprint density at radius 3 is 2.42 bits per heavy atom. The molecule has 0 aliphatic carbocycles. The van der Waals surface area contributed by atoms with Gasteiger partial charge in [-0.05, 0) is 50.1 Å². The lowest BCUT2D eigenvalue weighted by Crippen LogP contribution is -2.37. The van der Waals surface area contributed by atoms with Gasteiger partial charge in [-0.3, -0.25) is 9.59 Å². The molecule has 4 nitrogen and oxygen atoms in total. The maximum Gasteiger partial charge on any atom is 0.254 e. The Labute approximate surface area is 158 Å². The molecule has 1 unspecified atom stereocenters. The molecule has 3 rings (SSSR count). The number of benzene rings is 2. The highest BCUT2D eigenvalue weighted by molar-refractivity contribution is 6.30. The van der Waals surface area contributed by atoms with Crippen molar-refractivity contribution in [1.82, 2.24) is 4.90 Å². The van der Waals surface area contributed by atoms with Crippen molar-refractivity contribution < 1.29 is 14.3 Å². The second kappa shape index (κ2) is 8.47. The molecule has 2 aromatic carbocycles. The van der Waals surface area contributed by atoms with Gasteiger partial charge in [0, 0.05) is 35.8 Å². The number of halogens is 1. The summed E-state index contributed by atoms with van der Waals surface area (Å²) in [6.07, 6.45) is 2.08. The van der Waals surface area contributed by atoms with E-state index in [0.717, 1.165) is 19.4 Å². The molecule has 1 amide bonds. The van der Waals surface area contributed by atoms with Gasteiger partial charge in [-0.15, -0.1) is 0 Å². The first-order valence-corrected chi connectivity index (χ1v) is 9.28. The van der Waals surface area contributed by atoms with E-state index in [1.165, 1.54) is 0 Å². The third-order valence-corrected chi connectivity index (χ3v) is 4.88. The normalized spacial score (nSPS) is 16.5. The lowest BCUT2D eigenvalue weighted by Gasteiger charge is -2.25. The molecule has 136 valence electrons. The van der Waals surface area contributed by atoms with Crippen molar-refractivity contribution >= 4 is 23.3 Å². The molecule has 0 saturated carbocycles. The van der Waals surface area contributed by atoms with Crippen LogP contribution in [0, 0.1) is 0 Å². The molecular formula is C21H22ClNO3. The van der Waals surface area contributed by atoms with Gasteiger partial charge in [0.1, 0.15) is 0 Å². The first-order chi connectivity index (χ1) is 12.6. The van der Waals surface area contributed by atoms with E-state index in [1.54, 1.807) is 53.4 Å². The van der Waals surface area contributed by atoms with E-state index in [2.05, 4.69) is 0 Å². The SMILES string of the molecule is CCN(CC1CCCO1)C(=O)c1ccccc1C(=O)c1ccc(Cl)cc1. The monoisotopic (exact) mass is 371 g/mol. The molecule has 0 aromatic heterocycles. The Kier molecular flexibility index (Phi) is 6.07. The number of ether oxygens (including phenoxy) is 1. The third kappa shape index (κ3) is 4.14. The van der Waals surface area contributed by atoms with E-state index in [9.17, 15) is 9.59 Å². The summed E-state index contributed by atoms with van der Waals surface area (Å²) >= 11 is 5.90. The highest BCUT2D eigenvalue weighted by atomic mass is 35.5. The van der Waals surface area contributed by atoms with Crippen molar-refractivity contribution in [2.24, 2.45) is 0 Å². The molecule has 1 aliphatic heterocycles. The van der Waals surface area contributed by atoms with Crippen LogP contribution < -0.4 is 0 Å². The van der Waals surface area contributed by atoms with Crippen LogP contribution in [0.3, 0.4) is 0 Å². The summed E-state index contributed by atoms with van der Waals surface area (Å²) in [5.74, 6) is -0.320. The quantitative estimate of drug-likeness (QED) is 0.714. The second-order valence-corrected chi connectivity index (χ2v) is 6.80. The summed E-state index contributed by atoms with van der Waals surface area (Å²) in [5, 5.41) is 0.569. The number of carbonyl (C=O) groups is 2. The number of amides is 1. The first-order valence-electron chi connectivity index (χ1n) is 8.90. The molecule has 5 heteroatoms. The fraction of sp³-hybridized carbons (Fsp3) is 0.333. The number of hydrogen-bond acceptors (Lipinski definition) is 3. The molecule has 1 atom stereocenters. The number of nitrogens with zero attached hydrogens (tertiary/aromatic N) is 1. The third-order valence-electron chi connectivity index (χ3n) is 4.63. The first kappa shape index (κ1) is 18.6. The Bertz CT molecular complexity index is 782. The van der Waals surface area contributed by atoms with E-state index in [0.29, 0.717) is 34.8 Å². The molecule has 26 heavy (non-hydrogen) atoms. The van der Waals surface area contributed by atoms with Crippen LogP contribution in [0.5, 0.6) is 0 Å². The Hall–Kier alpha value is -2.17. The van der Waals surface area contributed by atoms with Crippen LogP contribution in [-0.2, 0) is 4.74 Å². The minimum absolute atomic E-state index is 0.0815. The minimum Gasteiger partial charge on any atom is -0.376 e. The predicted octanol–water partition coefficient (Wildman–Crippen LogP) is 4.21. The predicted molar refractivity (Wildman–Crippen MR) is 102 cm³/mol. The summed E-state index contributed by atoms with van der Waals surface area (Å²) in [5.41, 5.74) is 1.34. The molecule has 0 N–H and O–H groups in total. The summed E-state index contributed by atoms with van der Waals surface area (Å²) in [6, 6.07) is 13.7. The van der Waals surface area contributed by atoms with Gasteiger partial charge in [-0.25, -0.2) is 0 Å². The van der Waals surface area contributed by atoms with E-state index >= 15 is 0 Å². The highest BCUT2D eigenvalue weighted by Crippen LogP contribution is 2.20. The van der Waals surface area contributed by atoms with Crippen molar-refractivity contribution in [2.75, 3.05) is 19.7 Å².